The molecule has 7 nitrogen and oxygen atoms in total. The zero-order valence-corrected chi connectivity index (χ0v) is 17.7. The van der Waals surface area contributed by atoms with Gasteiger partial charge in [0.05, 0.1) is 11.0 Å². The minimum absolute atomic E-state index is 0.0351. The molecule has 1 N–H and O–H groups in total. The Morgan fingerprint density at radius 2 is 1.94 bits per heavy atom. The van der Waals surface area contributed by atoms with Gasteiger partial charge in [-0.3, -0.25) is 9.59 Å². The Balaban J connectivity index is 1.41. The lowest BCUT2D eigenvalue weighted by Gasteiger charge is -2.08. The number of hydrogen-bond acceptors (Lipinski definition) is 4. The van der Waals surface area contributed by atoms with E-state index in [4.69, 9.17) is 16.3 Å². The van der Waals surface area contributed by atoms with Crippen LogP contribution in [0.4, 0.5) is 5.69 Å². The van der Waals surface area contributed by atoms with E-state index < -0.39 is 0 Å². The molecule has 0 saturated heterocycles. The molecule has 0 atom stereocenters. The molecule has 1 amide bonds. The Morgan fingerprint density at radius 1 is 1.13 bits per heavy atom. The molecule has 158 valence electrons. The molecule has 0 unspecified atom stereocenters. The van der Waals surface area contributed by atoms with Crippen LogP contribution in [0.5, 0.6) is 5.75 Å². The van der Waals surface area contributed by atoms with E-state index in [1.165, 1.54) is 0 Å². The maximum absolute atomic E-state index is 12.2. The third kappa shape index (κ3) is 4.95. The predicted molar refractivity (Wildman–Crippen MR) is 121 cm³/mol. The lowest BCUT2D eigenvalue weighted by Crippen LogP contribution is -2.20. The van der Waals surface area contributed by atoms with E-state index in [0.29, 0.717) is 29.4 Å². The van der Waals surface area contributed by atoms with Crippen LogP contribution in [0, 0.1) is 0 Å². The van der Waals surface area contributed by atoms with Gasteiger partial charge in [-0.15, -0.1) is 0 Å². The fourth-order valence-electron chi connectivity index (χ4n) is 3.29. The van der Waals surface area contributed by atoms with E-state index in [1.807, 2.05) is 35.9 Å². The zero-order chi connectivity index (χ0) is 21.8. The van der Waals surface area contributed by atoms with Gasteiger partial charge >= 0.3 is 0 Å². The van der Waals surface area contributed by atoms with Crippen molar-refractivity contribution in [2.75, 3.05) is 11.9 Å². The van der Waals surface area contributed by atoms with Crippen molar-refractivity contribution < 1.29 is 9.53 Å². The number of carbonyl (C=O) groups excluding carboxylic acids is 1. The minimum Gasteiger partial charge on any atom is -0.484 e. The third-order valence-corrected chi connectivity index (χ3v) is 5.17. The fourth-order valence-corrected chi connectivity index (χ4v) is 3.42. The average molecular weight is 437 g/mol. The highest BCUT2D eigenvalue weighted by Gasteiger charge is 2.10. The number of aromatic nitrogens is 3. The van der Waals surface area contributed by atoms with Gasteiger partial charge < -0.3 is 19.2 Å². The molecular weight excluding hydrogens is 416 g/mol. The summed E-state index contributed by atoms with van der Waals surface area (Å²) in [7, 11) is 1.94. The summed E-state index contributed by atoms with van der Waals surface area (Å²) in [5.74, 6) is 1.16. The second-order valence-electron chi connectivity index (χ2n) is 7.06. The van der Waals surface area contributed by atoms with Crippen molar-refractivity contribution in [3.05, 3.63) is 88.1 Å². The Bertz CT molecular complexity index is 1280. The van der Waals surface area contributed by atoms with E-state index in [9.17, 15) is 9.59 Å². The van der Waals surface area contributed by atoms with Crippen LogP contribution in [0.25, 0.3) is 11.0 Å². The molecule has 0 radical (unpaired) electrons. The third-order valence-electron chi connectivity index (χ3n) is 4.92. The molecule has 0 fully saturated rings. The lowest BCUT2D eigenvalue weighted by atomic mass is 10.2. The second-order valence-corrected chi connectivity index (χ2v) is 7.50. The maximum atomic E-state index is 12.2. The van der Waals surface area contributed by atoms with Gasteiger partial charge in [-0.1, -0.05) is 17.7 Å². The normalized spacial score (nSPS) is 10.9. The summed E-state index contributed by atoms with van der Waals surface area (Å²) < 4.78 is 9.13. The summed E-state index contributed by atoms with van der Waals surface area (Å²) in [6.07, 6.45) is 2.39. The molecule has 0 aliphatic rings. The number of imidazole rings is 1. The van der Waals surface area contributed by atoms with Gasteiger partial charge in [-0.2, -0.15) is 0 Å². The average Bonchev–Trinajstić information content (AvgIpc) is 3.07. The Hall–Kier alpha value is -3.58. The van der Waals surface area contributed by atoms with E-state index in [2.05, 4.69) is 10.3 Å². The largest absolute Gasteiger partial charge is 0.484 e. The number of nitrogens with one attached hydrogen (secondary N) is 1. The van der Waals surface area contributed by atoms with Crippen LogP contribution in [0.15, 0.2) is 71.7 Å². The van der Waals surface area contributed by atoms with Crippen LogP contribution >= 0.6 is 11.6 Å². The topological polar surface area (TPSA) is 78.2 Å². The number of ether oxygens (including phenoxy) is 1. The Kier molecular flexibility index (Phi) is 6.04. The molecule has 0 aliphatic carbocycles. The van der Waals surface area contributed by atoms with Crippen molar-refractivity contribution in [1.29, 1.82) is 0 Å². The first-order chi connectivity index (χ1) is 15.0. The van der Waals surface area contributed by atoms with Crippen molar-refractivity contribution in [2.24, 2.45) is 7.05 Å². The number of benzene rings is 2. The first kappa shape index (κ1) is 20.7. The molecule has 8 heteroatoms. The first-order valence-electron chi connectivity index (χ1n) is 9.78. The maximum Gasteiger partial charge on any atom is 0.262 e. The summed E-state index contributed by atoms with van der Waals surface area (Å²) in [4.78, 5) is 28.8. The van der Waals surface area contributed by atoms with E-state index in [0.717, 1.165) is 16.9 Å². The highest BCUT2D eigenvalue weighted by molar-refractivity contribution is 6.30. The van der Waals surface area contributed by atoms with E-state index >= 15 is 0 Å². The summed E-state index contributed by atoms with van der Waals surface area (Å²) >= 11 is 5.84. The van der Waals surface area contributed by atoms with Crippen LogP contribution in [0.1, 0.15) is 5.82 Å². The second kappa shape index (κ2) is 9.06. The van der Waals surface area contributed by atoms with Gasteiger partial charge in [0, 0.05) is 43.0 Å². The molecule has 2 heterocycles. The number of aryl methyl sites for hydroxylation is 3. The van der Waals surface area contributed by atoms with Gasteiger partial charge in [0.25, 0.3) is 11.5 Å². The molecule has 0 spiro atoms. The minimum atomic E-state index is -0.270. The summed E-state index contributed by atoms with van der Waals surface area (Å²) in [6, 6.07) is 17.5. The van der Waals surface area contributed by atoms with Gasteiger partial charge in [0.2, 0.25) is 0 Å². The number of rotatable bonds is 7. The molecule has 4 rings (SSSR count). The van der Waals surface area contributed by atoms with E-state index in [1.54, 1.807) is 47.2 Å². The van der Waals surface area contributed by atoms with Gasteiger partial charge in [-0.05, 0) is 48.5 Å². The highest BCUT2D eigenvalue weighted by Crippen LogP contribution is 2.20. The highest BCUT2D eigenvalue weighted by atomic mass is 35.5. The van der Waals surface area contributed by atoms with Crippen LogP contribution in [-0.4, -0.2) is 26.6 Å². The molecular formula is C23H21ClN4O3. The smallest absolute Gasteiger partial charge is 0.262 e. The van der Waals surface area contributed by atoms with Crippen LogP contribution in [-0.2, 0) is 24.8 Å². The van der Waals surface area contributed by atoms with Crippen LogP contribution in [0.3, 0.4) is 0 Å². The van der Waals surface area contributed by atoms with E-state index in [-0.39, 0.29) is 18.1 Å². The van der Waals surface area contributed by atoms with Gasteiger partial charge in [-0.25, -0.2) is 4.98 Å². The number of halogens is 1. The summed E-state index contributed by atoms with van der Waals surface area (Å²) in [5, 5.41) is 3.43. The number of hydrogen-bond donors (Lipinski definition) is 1. The molecule has 2 aromatic carbocycles. The summed E-state index contributed by atoms with van der Waals surface area (Å²) in [6.45, 7) is 0.432. The lowest BCUT2D eigenvalue weighted by molar-refractivity contribution is -0.118. The molecule has 0 bridgehead atoms. The number of fused-ring (bicyclic) bond motifs is 1. The van der Waals surface area contributed by atoms with Crippen molar-refractivity contribution in [1.82, 2.24) is 14.1 Å². The van der Waals surface area contributed by atoms with Crippen molar-refractivity contribution in [3.8, 4) is 5.75 Å². The first-order valence-corrected chi connectivity index (χ1v) is 10.2. The molecule has 0 saturated carbocycles. The number of carbonyl (C=O) groups is 1. The molecule has 0 aliphatic heterocycles. The van der Waals surface area contributed by atoms with Crippen molar-refractivity contribution >= 4 is 34.2 Å². The van der Waals surface area contributed by atoms with Gasteiger partial charge in [0.15, 0.2) is 6.61 Å². The number of pyridine rings is 1. The monoisotopic (exact) mass is 436 g/mol. The molecule has 2 aromatic heterocycles. The Labute approximate surface area is 183 Å². The van der Waals surface area contributed by atoms with Crippen molar-refractivity contribution in [3.63, 3.8) is 0 Å². The summed E-state index contributed by atoms with van der Waals surface area (Å²) in [5.41, 5.74) is 2.33. The van der Waals surface area contributed by atoms with Crippen LogP contribution in [0.2, 0.25) is 5.02 Å². The Morgan fingerprint density at radius 3 is 2.71 bits per heavy atom. The zero-order valence-electron chi connectivity index (χ0n) is 16.9. The quantitative estimate of drug-likeness (QED) is 0.479. The molecule has 31 heavy (non-hydrogen) atoms. The number of amides is 1. The number of anilines is 1. The standard InChI is InChI=1S/C23H21ClN4O3/c1-27-20-10-7-17(25-22(29)15-31-18-8-5-16(24)6-9-18)14-19(20)26-21(27)11-13-28-12-3-2-4-23(28)30/h2-10,12,14H,11,13,15H2,1H3,(H,25,29). The predicted octanol–water partition coefficient (Wildman–Crippen LogP) is 3.65. The SMILES string of the molecule is Cn1c(CCn2ccccc2=O)nc2cc(NC(=O)COc3ccc(Cl)cc3)ccc21. The molecule has 4 aromatic rings. The van der Waals surface area contributed by atoms with Crippen molar-refractivity contribution in [2.45, 2.75) is 13.0 Å². The fraction of sp³-hybridized carbons (Fsp3) is 0.174. The van der Waals surface area contributed by atoms with Gasteiger partial charge in [0.1, 0.15) is 11.6 Å². The number of nitrogens with zero attached hydrogens (tertiary/aromatic N) is 3. The van der Waals surface area contributed by atoms with Crippen LogP contribution < -0.4 is 15.6 Å².